The fourth-order valence-electron chi connectivity index (χ4n) is 3.27. The van der Waals surface area contributed by atoms with E-state index in [0.717, 1.165) is 30.3 Å². The second-order valence-corrected chi connectivity index (χ2v) is 11.4. The van der Waals surface area contributed by atoms with Crippen molar-refractivity contribution in [3.05, 3.63) is 59.7 Å². The Kier molecular flexibility index (Phi) is 6.39. The van der Waals surface area contributed by atoms with Gasteiger partial charge in [-0.1, -0.05) is 6.07 Å². The molecule has 2 aromatic rings. The minimum Gasteiger partial charge on any atom is -0.223 e. The third-order valence-corrected chi connectivity index (χ3v) is 8.79. The van der Waals surface area contributed by atoms with Crippen LogP contribution >= 0.6 is 0 Å². The van der Waals surface area contributed by atoms with Crippen LogP contribution in [0.1, 0.15) is 24.0 Å². The summed E-state index contributed by atoms with van der Waals surface area (Å²) in [5.74, 6) is -0.384. The van der Waals surface area contributed by atoms with Gasteiger partial charge in [0, 0.05) is 6.54 Å². The second-order valence-electron chi connectivity index (χ2n) is 7.40. The predicted molar refractivity (Wildman–Crippen MR) is 102 cm³/mol. The van der Waals surface area contributed by atoms with Gasteiger partial charge in [0.25, 0.3) is 0 Å². The highest BCUT2D eigenvalue weighted by molar-refractivity contribution is 7.92. The van der Waals surface area contributed by atoms with Gasteiger partial charge in [-0.2, -0.15) is 26.3 Å². The van der Waals surface area contributed by atoms with Crippen LogP contribution in [0.15, 0.2) is 58.3 Å². The first-order valence-corrected chi connectivity index (χ1v) is 12.2. The first kappa shape index (κ1) is 24.5. The van der Waals surface area contributed by atoms with Gasteiger partial charge in [-0.3, -0.25) is 0 Å². The number of rotatable bonds is 6. The van der Waals surface area contributed by atoms with E-state index in [1.807, 2.05) is 0 Å². The molecule has 0 amide bonds. The molecule has 0 aliphatic heterocycles. The van der Waals surface area contributed by atoms with Gasteiger partial charge in [-0.15, -0.1) is 0 Å². The molecule has 5 nitrogen and oxygen atoms in total. The van der Waals surface area contributed by atoms with E-state index in [2.05, 4.69) is 4.72 Å². The van der Waals surface area contributed by atoms with Crippen LogP contribution in [0.5, 0.6) is 0 Å². The summed E-state index contributed by atoms with van der Waals surface area (Å²) in [6.07, 6.45) is -9.23. The molecule has 0 unspecified atom stereocenters. The predicted octanol–water partition coefficient (Wildman–Crippen LogP) is 4.26. The molecule has 1 N–H and O–H groups in total. The number of sulfone groups is 1. The first-order valence-electron chi connectivity index (χ1n) is 9.19. The number of benzene rings is 2. The maximum atomic E-state index is 12.8. The number of halogens is 6. The quantitative estimate of drug-likeness (QED) is 0.600. The second kappa shape index (κ2) is 8.34. The Bertz CT molecular complexity index is 1180. The third-order valence-electron chi connectivity index (χ3n) is 5.18. The van der Waals surface area contributed by atoms with Crippen molar-refractivity contribution in [2.24, 2.45) is 5.92 Å². The summed E-state index contributed by atoms with van der Waals surface area (Å²) in [6, 6.07) is 6.30. The Morgan fingerprint density at radius 2 is 1.34 bits per heavy atom. The van der Waals surface area contributed by atoms with Crippen LogP contribution in [0.3, 0.4) is 0 Å². The summed E-state index contributed by atoms with van der Waals surface area (Å²) in [5.41, 5.74) is -2.09. The van der Waals surface area contributed by atoms with Gasteiger partial charge in [0.1, 0.15) is 0 Å². The van der Waals surface area contributed by atoms with Crippen molar-refractivity contribution >= 4 is 19.9 Å². The molecular formula is C19H17F6NO4S2. The zero-order valence-corrected chi connectivity index (χ0v) is 17.7. The molecule has 13 heteroatoms. The molecule has 1 aliphatic rings. The lowest BCUT2D eigenvalue weighted by Gasteiger charge is -2.34. The van der Waals surface area contributed by atoms with Crippen molar-refractivity contribution in [3.63, 3.8) is 0 Å². The smallest absolute Gasteiger partial charge is 0.223 e. The van der Waals surface area contributed by atoms with Crippen LogP contribution in [0.2, 0.25) is 0 Å². The Morgan fingerprint density at radius 1 is 0.781 bits per heavy atom. The van der Waals surface area contributed by atoms with E-state index < -0.39 is 53.5 Å². The fourth-order valence-corrected chi connectivity index (χ4v) is 6.38. The minimum absolute atomic E-state index is 0.0358. The van der Waals surface area contributed by atoms with Crippen LogP contribution in [-0.2, 0) is 32.2 Å². The van der Waals surface area contributed by atoms with Crippen LogP contribution in [-0.4, -0.2) is 28.6 Å². The van der Waals surface area contributed by atoms with Crippen molar-refractivity contribution in [3.8, 4) is 0 Å². The first-order chi connectivity index (χ1) is 14.6. The van der Waals surface area contributed by atoms with Gasteiger partial charge in [0.05, 0.1) is 26.2 Å². The number of nitrogens with one attached hydrogen (secondary N) is 1. The Balaban J connectivity index is 1.60. The molecule has 0 radical (unpaired) electrons. The average molecular weight is 501 g/mol. The molecule has 3 rings (SSSR count). The maximum absolute atomic E-state index is 12.8. The number of hydrogen-bond donors (Lipinski definition) is 1. The molecule has 1 saturated carbocycles. The zero-order chi connectivity index (χ0) is 23.9. The SMILES string of the molecule is O=S(=O)(NC[C@H]1C[C@H](S(=O)(=O)c2cccc(C(F)(F)F)c2)C1)c1ccc(C(F)(F)F)cc1. The zero-order valence-electron chi connectivity index (χ0n) is 16.1. The van der Waals surface area contributed by atoms with E-state index in [9.17, 15) is 43.2 Å². The van der Waals surface area contributed by atoms with E-state index in [4.69, 9.17) is 0 Å². The summed E-state index contributed by atoms with van der Waals surface area (Å²) >= 11 is 0. The molecule has 2 aromatic carbocycles. The summed E-state index contributed by atoms with van der Waals surface area (Å²) in [5, 5.41) is -0.952. The molecule has 0 saturated heterocycles. The molecule has 0 bridgehead atoms. The van der Waals surface area contributed by atoms with E-state index >= 15 is 0 Å². The monoisotopic (exact) mass is 501 g/mol. The molecule has 0 spiro atoms. The van der Waals surface area contributed by atoms with Crippen molar-refractivity contribution < 1.29 is 43.2 Å². The lowest BCUT2D eigenvalue weighted by Crippen LogP contribution is -2.42. The van der Waals surface area contributed by atoms with Crippen molar-refractivity contribution in [1.29, 1.82) is 0 Å². The van der Waals surface area contributed by atoms with Crippen molar-refractivity contribution in [2.45, 2.75) is 40.2 Å². The van der Waals surface area contributed by atoms with Crippen molar-refractivity contribution in [1.82, 2.24) is 4.72 Å². The lowest BCUT2D eigenvalue weighted by molar-refractivity contribution is -0.138. The number of hydrogen-bond acceptors (Lipinski definition) is 4. The molecule has 0 heterocycles. The average Bonchev–Trinajstić information content (AvgIpc) is 2.65. The van der Waals surface area contributed by atoms with Gasteiger partial charge < -0.3 is 0 Å². The van der Waals surface area contributed by atoms with Crippen LogP contribution < -0.4 is 4.72 Å². The molecular weight excluding hydrogens is 484 g/mol. The van der Waals surface area contributed by atoms with Gasteiger partial charge >= 0.3 is 12.4 Å². The maximum Gasteiger partial charge on any atom is 0.416 e. The standard InChI is InChI=1S/C19H17F6NO4S2/c20-18(21,22)13-4-6-15(7-5-13)32(29,30)26-11-12-8-17(9-12)31(27,28)16-3-1-2-14(10-16)19(23,24)25/h1-7,10,12,17,26H,8-9,11H2/t12-,17-. The van der Waals surface area contributed by atoms with Crippen LogP contribution in [0.25, 0.3) is 0 Å². The molecule has 176 valence electrons. The summed E-state index contributed by atoms with van der Waals surface area (Å²) in [6.45, 7) is -0.155. The molecule has 1 aliphatic carbocycles. The Labute approximate surface area is 180 Å². The topological polar surface area (TPSA) is 80.3 Å². The van der Waals surface area contributed by atoms with Gasteiger partial charge in [-0.05, 0) is 61.2 Å². The van der Waals surface area contributed by atoms with E-state index in [1.165, 1.54) is 0 Å². The van der Waals surface area contributed by atoms with E-state index in [1.54, 1.807) is 0 Å². The highest BCUT2D eigenvalue weighted by Gasteiger charge is 2.41. The minimum atomic E-state index is -4.69. The van der Waals surface area contributed by atoms with Crippen molar-refractivity contribution in [2.75, 3.05) is 6.54 Å². The summed E-state index contributed by atoms with van der Waals surface area (Å²) in [7, 11) is -8.14. The normalized spacial score (nSPS) is 20.1. The third kappa shape index (κ3) is 5.26. The van der Waals surface area contributed by atoms with E-state index in [-0.39, 0.29) is 30.2 Å². The molecule has 0 aromatic heterocycles. The Hall–Kier alpha value is -2.12. The van der Waals surface area contributed by atoms with Crippen LogP contribution in [0, 0.1) is 5.92 Å². The summed E-state index contributed by atoms with van der Waals surface area (Å²) < 4.78 is 128. The molecule has 1 fully saturated rings. The van der Waals surface area contributed by atoms with Gasteiger partial charge in [0.2, 0.25) is 10.0 Å². The fraction of sp³-hybridized carbons (Fsp3) is 0.368. The summed E-state index contributed by atoms with van der Waals surface area (Å²) in [4.78, 5) is -0.834. The van der Waals surface area contributed by atoms with Gasteiger partial charge in [-0.25, -0.2) is 21.6 Å². The lowest BCUT2D eigenvalue weighted by atomic mass is 9.85. The number of alkyl halides is 6. The van der Waals surface area contributed by atoms with Crippen LogP contribution in [0.4, 0.5) is 26.3 Å². The largest absolute Gasteiger partial charge is 0.416 e. The van der Waals surface area contributed by atoms with E-state index in [0.29, 0.717) is 18.2 Å². The molecule has 32 heavy (non-hydrogen) atoms. The van der Waals surface area contributed by atoms with Gasteiger partial charge in [0.15, 0.2) is 9.84 Å². The highest BCUT2D eigenvalue weighted by atomic mass is 32.2. The number of sulfonamides is 1. The Morgan fingerprint density at radius 3 is 1.88 bits per heavy atom. The highest BCUT2D eigenvalue weighted by Crippen LogP contribution is 2.38. The molecule has 0 atom stereocenters.